The number of amides is 4. The smallest absolute Gasteiger partial charge is 0.315 e. The topological polar surface area (TPSA) is 102 Å². The number of β-lactam (4-membered cyclic amide) rings is 1. The average molecular weight is 509 g/mol. The van der Waals surface area contributed by atoms with Gasteiger partial charge in [0, 0.05) is 13.1 Å². The molecule has 0 aliphatic carbocycles. The second-order valence-corrected chi connectivity index (χ2v) is 10.6. The van der Waals surface area contributed by atoms with Gasteiger partial charge in [0.25, 0.3) is 5.91 Å². The minimum atomic E-state index is -1.51. The van der Waals surface area contributed by atoms with Crippen molar-refractivity contribution in [1.29, 1.82) is 0 Å². The molecule has 190 valence electrons. The zero-order chi connectivity index (χ0) is 25.9. The molecule has 0 spiro atoms. The molecule has 2 saturated heterocycles. The Hall–Kier alpha value is -3.30. The van der Waals surface area contributed by atoms with Crippen LogP contribution in [-0.2, 0) is 22.6 Å². The number of aliphatic hydroxyl groups is 1. The average Bonchev–Trinajstić information content (AvgIpc) is 3.19. The van der Waals surface area contributed by atoms with Crippen LogP contribution in [0, 0.1) is 6.92 Å². The summed E-state index contributed by atoms with van der Waals surface area (Å²) in [5.74, 6) is -0.416. The minimum Gasteiger partial charge on any atom is -0.381 e. The van der Waals surface area contributed by atoms with Crippen molar-refractivity contribution < 1.29 is 19.5 Å². The van der Waals surface area contributed by atoms with E-state index in [-0.39, 0.29) is 24.7 Å². The molecule has 2 fully saturated rings. The number of aliphatic hydroxyl groups excluding tert-OH is 1. The zero-order valence-corrected chi connectivity index (χ0v) is 21.3. The SMILES string of the molecule is C=CCNC(=O)N[C@@H](Cc1ccccc1)[C@H](O)C(=O)N1CSC2(C)[C@H]1C(=O)N2Cc1ccccc1C. The van der Waals surface area contributed by atoms with Gasteiger partial charge in [0.1, 0.15) is 10.9 Å². The maximum absolute atomic E-state index is 13.5. The van der Waals surface area contributed by atoms with Gasteiger partial charge in [-0.2, -0.15) is 0 Å². The molecule has 0 aromatic heterocycles. The van der Waals surface area contributed by atoms with Crippen LogP contribution in [-0.4, -0.2) is 68.2 Å². The summed E-state index contributed by atoms with van der Waals surface area (Å²) in [6.07, 6.45) is 0.285. The number of fused-ring (bicyclic) bond motifs is 1. The van der Waals surface area contributed by atoms with Crippen LogP contribution in [0.3, 0.4) is 0 Å². The third-order valence-electron chi connectivity index (χ3n) is 6.88. The van der Waals surface area contributed by atoms with Gasteiger partial charge in [-0.15, -0.1) is 18.3 Å². The summed E-state index contributed by atoms with van der Waals surface area (Å²) >= 11 is 1.51. The Kier molecular flexibility index (Phi) is 7.70. The first kappa shape index (κ1) is 25.8. The van der Waals surface area contributed by atoms with Crippen LogP contribution in [0.4, 0.5) is 4.79 Å². The summed E-state index contributed by atoms with van der Waals surface area (Å²) in [7, 11) is 0. The predicted octanol–water partition coefficient (Wildman–Crippen LogP) is 2.41. The summed E-state index contributed by atoms with van der Waals surface area (Å²) in [5, 5.41) is 16.5. The highest BCUT2D eigenvalue weighted by molar-refractivity contribution is 8.01. The highest BCUT2D eigenvalue weighted by Crippen LogP contribution is 2.51. The molecule has 2 heterocycles. The Bertz CT molecular complexity index is 1140. The van der Waals surface area contributed by atoms with E-state index in [0.717, 1.165) is 16.7 Å². The number of urea groups is 1. The molecule has 4 atom stereocenters. The summed E-state index contributed by atoms with van der Waals surface area (Å²) in [6, 6.07) is 15.2. The van der Waals surface area contributed by atoms with Crippen LogP contribution in [0.15, 0.2) is 67.3 Å². The fourth-order valence-electron chi connectivity index (χ4n) is 4.75. The van der Waals surface area contributed by atoms with E-state index >= 15 is 0 Å². The van der Waals surface area contributed by atoms with E-state index in [1.165, 1.54) is 16.7 Å². The molecule has 8 nitrogen and oxygen atoms in total. The van der Waals surface area contributed by atoms with Crippen molar-refractivity contribution in [3.8, 4) is 0 Å². The molecule has 0 radical (unpaired) electrons. The van der Waals surface area contributed by atoms with E-state index in [1.807, 2.05) is 68.4 Å². The van der Waals surface area contributed by atoms with Crippen molar-refractivity contribution >= 4 is 29.6 Å². The van der Waals surface area contributed by atoms with Gasteiger partial charge in [-0.25, -0.2) is 4.79 Å². The first-order valence-corrected chi connectivity index (χ1v) is 12.9. The van der Waals surface area contributed by atoms with Gasteiger partial charge in [0.15, 0.2) is 6.10 Å². The predicted molar refractivity (Wildman–Crippen MR) is 140 cm³/mol. The van der Waals surface area contributed by atoms with Gasteiger partial charge < -0.3 is 25.5 Å². The normalized spacial score (nSPS) is 22.3. The zero-order valence-electron chi connectivity index (χ0n) is 20.5. The lowest BCUT2D eigenvalue weighted by molar-refractivity contribution is -0.168. The van der Waals surface area contributed by atoms with Gasteiger partial charge in [-0.1, -0.05) is 60.7 Å². The van der Waals surface area contributed by atoms with Crippen LogP contribution >= 0.6 is 11.8 Å². The van der Waals surface area contributed by atoms with E-state index in [9.17, 15) is 19.5 Å². The Morgan fingerprint density at radius 3 is 2.61 bits per heavy atom. The lowest BCUT2D eigenvalue weighted by Crippen LogP contribution is -2.73. The number of nitrogens with zero attached hydrogens (tertiary/aromatic N) is 2. The number of carbonyl (C=O) groups excluding carboxylic acids is 3. The number of hydrogen-bond donors (Lipinski definition) is 3. The largest absolute Gasteiger partial charge is 0.381 e. The van der Waals surface area contributed by atoms with Crippen molar-refractivity contribution in [3.63, 3.8) is 0 Å². The number of aryl methyl sites for hydroxylation is 1. The number of hydrogen-bond acceptors (Lipinski definition) is 5. The first-order chi connectivity index (χ1) is 17.3. The number of nitrogens with one attached hydrogen (secondary N) is 2. The summed E-state index contributed by atoms with van der Waals surface area (Å²) < 4.78 is 0. The van der Waals surface area contributed by atoms with E-state index in [0.29, 0.717) is 6.54 Å². The van der Waals surface area contributed by atoms with Crippen LogP contribution in [0.1, 0.15) is 23.6 Å². The third-order valence-corrected chi connectivity index (χ3v) is 8.31. The molecular weight excluding hydrogens is 476 g/mol. The second-order valence-electron chi connectivity index (χ2n) is 9.27. The second kappa shape index (κ2) is 10.8. The molecule has 9 heteroatoms. The van der Waals surface area contributed by atoms with Crippen molar-refractivity contribution in [2.45, 2.75) is 49.9 Å². The molecule has 2 aromatic rings. The molecule has 3 N–H and O–H groups in total. The van der Waals surface area contributed by atoms with E-state index in [4.69, 9.17) is 0 Å². The first-order valence-electron chi connectivity index (χ1n) is 11.9. The molecular formula is C27H32N4O4S. The monoisotopic (exact) mass is 508 g/mol. The number of likely N-dealkylation sites (tertiary alicyclic amines) is 1. The van der Waals surface area contributed by atoms with Gasteiger partial charge >= 0.3 is 6.03 Å². The minimum absolute atomic E-state index is 0.136. The van der Waals surface area contributed by atoms with E-state index < -0.39 is 35.0 Å². The number of thioether (sulfide) groups is 1. The standard InChI is InChI=1S/C27H32N4O4S/c1-4-14-28-26(35)29-21(15-19-11-6-5-7-12-19)22(32)24(33)30-17-36-27(3)23(30)25(34)31(27)16-20-13-9-8-10-18(20)2/h4-13,21-23,32H,1,14-17H2,2-3H3,(H2,28,29,35)/t21-,22-,23+,27?/m0/s1. The fraction of sp³-hybridized carbons (Fsp3) is 0.370. The summed E-state index contributed by atoms with van der Waals surface area (Å²) in [6.45, 7) is 8.27. The van der Waals surface area contributed by atoms with Crippen LogP contribution in [0.2, 0.25) is 0 Å². The van der Waals surface area contributed by atoms with Crippen LogP contribution in [0.25, 0.3) is 0 Å². The Morgan fingerprint density at radius 2 is 1.92 bits per heavy atom. The molecule has 0 bridgehead atoms. The Labute approximate surface area is 215 Å². The highest BCUT2D eigenvalue weighted by Gasteiger charge is 2.65. The van der Waals surface area contributed by atoms with Gasteiger partial charge in [-0.05, 0) is 37.0 Å². The maximum Gasteiger partial charge on any atom is 0.315 e. The molecule has 36 heavy (non-hydrogen) atoms. The molecule has 4 rings (SSSR count). The maximum atomic E-state index is 13.5. The van der Waals surface area contributed by atoms with Crippen molar-refractivity contribution in [3.05, 3.63) is 83.9 Å². The quantitative estimate of drug-likeness (QED) is 0.357. The van der Waals surface area contributed by atoms with E-state index in [2.05, 4.69) is 17.2 Å². The van der Waals surface area contributed by atoms with Crippen LogP contribution < -0.4 is 10.6 Å². The molecule has 1 unspecified atom stereocenters. The third kappa shape index (κ3) is 4.99. The molecule has 2 aliphatic rings. The number of carbonyl (C=O) groups is 3. The fourth-order valence-corrected chi connectivity index (χ4v) is 6.12. The van der Waals surface area contributed by atoms with Crippen LogP contribution in [0.5, 0.6) is 0 Å². The number of rotatable bonds is 9. The molecule has 4 amide bonds. The van der Waals surface area contributed by atoms with Crippen molar-refractivity contribution in [1.82, 2.24) is 20.4 Å². The highest BCUT2D eigenvalue weighted by atomic mass is 32.2. The molecule has 2 aromatic carbocycles. The molecule has 2 aliphatic heterocycles. The van der Waals surface area contributed by atoms with Crippen molar-refractivity contribution in [2.75, 3.05) is 12.4 Å². The number of benzene rings is 2. The Morgan fingerprint density at radius 1 is 1.22 bits per heavy atom. The van der Waals surface area contributed by atoms with Gasteiger partial charge in [-0.3, -0.25) is 9.59 Å². The van der Waals surface area contributed by atoms with Crippen molar-refractivity contribution in [2.24, 2.45) is 0 Å². The summed E-state index contributed by atoms with van der Waals surface area (Å²) in [4.78, 5) is 41.7. The lowest BCUT2D eigenvalue weighted by atomic mass is 9.91. The Balaban J connectivity index is 1.48. The molecule has 0 saturated carbocycles. The lowest BCUT2D eigenvalue weighted by Gasteiger charge is -2.53. The summed E-state index contributed by atoms with van der Waals surface area (Å²) in [5.41, 5.74) is 3.03. The van der Waals surface area contributed by atoms with Gasteiger partial charge in [0.05, 0.1) is 11.9 Å². The van der Waals surface area contributed by atoms with E-state index in [1.54, 1.807) is 11.0 Å². The van der Waals surface area contributed by atoms with Gasteiger partial charge in [0.2, 0.25) is 5.91 Å².